The van der Waals surface area contributed by atoms with E-state index in [1.807, 2.05) is 30.9 Å². The van der Waals surface area contributed by atoms with Crippen molar-refractivity contribution in [2.24, 2.45) is 23.7 Å². The van der Waals surface area contributed by atoms with Crippen LogP contribution in [0.4, 0.5) is 0 Å². The minimum atomic E-state index is -0.732. The lowest BCUT2D eigenvalue weighted by Gasteiger charge is -2.40. The van der Waals surface area contributed by atoms with Crippen LogP contribution < -0.4 is 0 Å². The van der Waals surface area contributed by atoms with Crippen molar-refractivity contribution in [3.05, 3.63) is 12.2 Å². The second kappa shape index (κ2) is 8.52. The van der Waals surface area contributed by atoms with Crippen LogP contribution in [-0.4, -0.2) is 70.5 Å². The molecule has 0 bridgehead atoms. The van der Waals surface area contributed by atoms with Gasteiger partial charge in [0.25, 0.3) is 0 Å². The molecule has 2 aliphatic heterocycles. The maximum absolute atomic E-state index is 13.5. The van der Waals surface area contributed by atoms with Crippen molar-refractivity contribution >= 4 is 23.6 Å². The number of hydrogen-bond acceptors (Lipinski definition) is 4. The number of carbonyl (C=O) groups excluding carboxylic acids is 4. The zero-order valence-electron chi connectivity index (χ0n) is 18.1. The van der Waals surface area contributed by atoms with Gasteiger partial charge in [0, 0.05) is 32.1 Å². The van der Waals surface area contributed by atoms with Crippen molar-refractivity contribution in [1.82, 2.24) is 14.7 Å². The second-order valence-electron chi connectivity index (χ2n) is 9.63. The quantitative estimate of drug-likeness (QED) is 0.507. The van der Waals surface area contributed by atoms with Gasteiger partial charge in [-0.1, -0.05) is 32.4 Å². The molecule has 4 amide bonds. The molecule has 3 unspecified atom stereocenters. The summed E-state index contributed by atoms with van der Waals surface area (Å²) >= 11 is 0. The number of hydrogen-bond donors (Lipinski definition) is 0. The Morgan fingerprint density at radius 3 is 1.93 bits per heavy atom. The van der Waals surface area contributed by atoms with Crippen molar-refractivity contribution in [3.8, 4) is 0 Å². The van der Waals surface area contributed by atoms with Crippen LogP contribution in [0.1, 0.15) is 52.4 Å². The van der Waals surface area contributed by atoms with Crippen molar-refractivity contribution in [2.75, 3.05) is 26.2 Å². The van der Waals surface area contributed by atoms with Gasteiger partial charge in [-0.3, -0.25) is 24.1 Å². The Morgan fingerprint density at radius 2 is 1.47 bits per heavy atom. The highest BCUT2D eigenvalue weighted by Crippen LogP contribution is 2.37. The minimum absolute atomic E-state index is 0.146. The number of amides is 4. The summed E-state index contributed by atoms with van der Waals surface area (Å²) < 4.78 is 0. The molecule has 0 aromatic carbocycles. The number of nitrogens with zero attached hydrogens (tertiary/aromatic N) is 3. The molecule has 164 valence electrons. The average Bonchev–Trinajstić information content (AvgIpc) is 2.95. The Hall–Kier alpha value is -2.18. The fourth-order valence-corrected chi connectivity index (χ4v) is 5.17. The van der Waals surface area contributed by atoms with E-state index in [1.165, 1.54) is 4.90 Å². The van der Waals surface area contributed by atoms with Gasteiger partial charge in [-0.05, 0) is 38.0 Å². The Labute approximate surface area is 178 Å². The van der Waals surface area contributed by atoms with Crippen molar-refractivity contribution in [1.29, 1.82) is 0 Å². The van der Waals surface area contributed by atoms with E-state index in [1.54, 1.807) is 4.90 Å². The summed E-state index contributed by atoms with van der Waals surface area (Å²) in [6.45, 7) is 6.02. The Morgan fingerprint density at radius 1 is 0.933 bits per heavy atom. The fraction of sp³-hybridized carbons (Fsp3) is 0.739. The van der Waals surface area contributed by atoms with Crippen LogP contribution in [0.2, 0.25) is 0 Å². The van der Waals surface area contributed by atoms with Crippen LogP contribution in [0, 0.1) is 23.7 Å². The molecule has 2 heterocycles. The molecule has 0 aromatic rings. The number of piperazine rings is 1. The van der Waals surface area contributed by atoms with Gasteiger partial charge >= 0.3 is 0 Å². The summed E-state index contributed by atoms with van der Waals surface area (Å²) in [5.74, 6) is -0.594. The van der Waals surface area contributed by atoms with Gasteiger partial charge in [0.15, 0.2) is 0 Å². The highest BCUT2D eigenvalue weighted by atomic mass is 16.2. The van der Waals surface area contributed by atoms with E-state index < -0.39 is 6.04 Å². The van der Waals surface area contributed by atoms with E-state index >= 15 is 0 Å². The molecule has 4 rings (SSSR count). The lowest BCUT2D eigenvalue weighted by atomic mass is 9.84. The molecule has 3 atom stereocenters. The van der Waals surface area contributed by atoms with E-state index in [0.29, 0.717) is 45.4 Å². The van der Waals surface area contributed by atoms with Gasteiger partial charge in [0.2, 0.25) is 23.6 Å². The summed E-state index contributed by atoms with van der Waals surface area (Å²) in [5, 5.41) is 0. The highest BCUT2D eigenvalue weighted by Gasteiger charge is 2.51. The highest BCUT2D eigenvalue weighted by molar-refractivity contribution is 6.08. The first-order valence-corrected chi connectivity index (χ1v) is 11.5. The van der Waals surface area contributed by atoms with Gasteiger partial charge < -0.3 is 9.80 Å². The van der Waals surface area contributed by atoms with E-state index in [9.17, 15) is 19.2 Å². The van der Waals surface area contributed by atoms with Crippen LogP contribution >= 0.6 is 0 Å². The summed E-state index contributed by atoms with van der Waals surface area (Å²) in [5.41, 5.74) is 0. The summed E-state index contributed by atoms with van der Waals surface area (Å²) in [4.78, 5) is 57.0. The van der Waals surface area contributed by atoms with Gasteiger partial charge in [-0.15, -0.1) is 0 Å². The maximum Gasteiger partial charge on any atom is 0.246 e. The second-order valence-corrected chi connectivity index (χ2v) is 9.63. The molecule has 0 radical (unpaired) electrons. The predicted molar refractivity (Wildman–Crippen MR) is 111 cm³/mol. The summed E-state index contributed by atoms with van der Waals surface area (Å²) in [6, 6.07) is -0.732. The van der Waals surface area contributed by atoms with E-state index in [0.717, 1.165) is 19.3 Å². The molecule has 0 aromatic heterocycles. The first-order valence-electron chi connectivity index (χ1n) is 11.5. The van der Waals surface area contributed by atoms with E-state index in [2.05, 4.69) is 0 Å². The largest absolute Gasteiger partial charge is 0.339 e. The number of likely N-dealkylation sites (tertiary alicyclic amines) is 1. The summed E-state index contributed by atoms with van der Waals surface area (Å²) in [6.07, 6.45) is 8.65. The van der Waals surface area contributed by atoms with E-state index in [4.69, 9.17) is 0 Å². The monoisotopic (exact) mass is 415 g/mol. The molecule has 7 heteroatoms. The number of carbonyl (C=O) groups is 4. The van der Waals surface area contributed by atoms with E-state index in [-0.39, 0.29) is 47.3 Å². The number of imide groups is 1. The Balaban J connectivity index is 1.45. The Kier molecular flexibility index (Phi) is 5.98. The van der Waals surface area contributed by atoms with Gasteiger partial charge in [0.05, 0.1) is 11.8 Å². The van der Waals surface area contributed by atoms with Crippen LogP contribution in [0.3, 0.4) is 0 Å². The number of allylic oxidation sites excluding steroid dienone is 2. The molecule has 30 heavy (non-hydrogen) atoms. The molecule has 0 spiro atoms. The third kappa shape index (κ3) is 3.79. The normalized spacial score (nSPS) is 28.0. The number of fused-ring (bicyclic) bond motifs is 1. The first-order chi connectivity index (χ1) is 14.4. The van der Waals surface area contributed by atoms with Crippen LogP contribution in [-0.2, 0) is 19.2 Å². The van der Waals surface area contributed by atoms with Crippen molar-refractivity contribution in [2.45, 2.75) is 58.4 Å². The van der Waals surface area contributed by atoms with Gasteiger partial charge in [-0.2, -0.15) is 0 Å². The topological polar surface area (TPSA) is 78.0 Å². The smallest absolute Gasteiger partial charge is 0.246 e. The lowest BCUT2D eigenvalue weighted by molar-refractivity contribution is -0.154. The predicted octanol–water partition coefficient (Wildman–Crippen LogP) is 1.82. The SMILES string of the molecule is CC(C)CC(C(=O)N1CCN(C(=O)C2CCC2)CC1)N1C(=O)C2CC=CCC2C1=O. The van der Waals surface area contributed by atoms with Crippen LogP contribution in [0.5, 0.6) is 0 Å². The van der Waals surface area contributed by atoms with Crippen LogP contribution in [0.25, 0.3) is 0 Å². The van der Waals surface area contributed by atoms with Crippen LogP contribution in [0.15, 0.2) is 12.2 Å². The third-order valence-corrected chi connectivity index (χ3v) is 7.19. The molecule has 4 aliphatic rings. The standard InChI is InChI=1S/C23H33N3O4/c1-15(2)14-19(26-21(28)17-8-3-4-9-18(17)22(26)29)23(30)25-12-10-24(11-13-25)20(27)16-6-5-7-16/h3-4,15-19H,5-14H2,1-2H3. The Bertz CT molecular complexity index is 724. The molecule has 2 saturated heterocycles. The first kappa shape index (κ1) is 21.1. The van der Waals surface area contributed by atoms with Crippen molar-refractivity contribution < 1.29 is 19.2 Å². The molecule has 7 nitrogen and oxygen atoms in total. The lowest BCUT2D eigenvalue weighted by Crippen LogP contribution is -2.58. The molecular formula is C23H33N3O4. The zero-order valence-corrected chi connectivity index (χ0v) is 18.1. The third-order valence-electron chi connectivity index (χ3n) is 7.19. The minimum Gasteiger partial charge on any atom is -0.339 e. The van der Waals surface area contributed by atoms with Gasteiger partial charge in [0.1, 0.15) is 6.04 Å². The molecule has 2 aliphatic carbocycles. The molecule has 3 fully saturated rings. The zero-order chi connectivity index (χ0) is 21.4. The molecule has 1 saturated carbocycles. The average molecular weight is 416 g/mol. The fourth-order valence-electron chi connectivity index (χ4n) is 5.17. The van der Waals surface area contributed by atoms with Gasteiger partial charge in [-0.25, -0.2) is 0 Å². The maximum atomic E-state index is 13.5. The molecule has 0 N–H and O–H groups in total. The number of rotatable bonds is 5. The molecular weight excluding hydrogens is 382 g/mol. The summed E-state index contributed by atoms with van der Waals surface area (Å²) in [7, 11) is 0. The van der Waals surface area contributed by atoms with Crippen molar-refractivity contribution in [3.63, 3.8) is 0 Å².